The number of methoxy groups -OCH3 is 1. The van der Waals surface area contributed by atoms with Crippen LogP contribution in [0.25, 0.3) is 0 Å². The maximum atomic E-state index is 12.3. The van der Waals surface area contributed by atoms with Crippen molar-refractivity contribution in [3.05, 3.63) is 23.3 Å². The maximum absolute atomic E-state index is 12.3. The van der Waals surface area contributed by atoms with E-state index in [0.717, 1.165) is 18.4 Å². The van der Waals surface area contributed by atoms with E-state index in [0.29, 0.717) is 11.3 Å². The zero-order valence-electron chi connectivity index (χ0n) is 11.4. The van der Waals surface area contributed by atoms with Gasteiger partial charge in [0.25, 0.3) is 0 Å². The van der Waals surface area contributed by atoms with E-state index < -0.39 is 10.0 Å². The molecule has 1 fully saturated rings. The molecule has 0 radical (unpaired) electrons. The minimum absolute atomic E-state index is 0.0453. The van der Waals surface area contributed by atoms with Crippen LogP contribution in [-0.2, 0) is 14.8 Å². The molecular weight excluding hydrogens is 264 g/mol. The quantitative estimate of drug-likeness (QED) is 0.818. The Labute approximate surface area is 114 Å². The van der Waals surface area contributed by atoms with Gasteiger partial charge in [-0.3, -0.25) is 0 Å². The first-order chi connectivity index (χ1) is 8.83. The Kier molecular flexibility index (Phi) is 3.85. The lowest BCUT2D eigenvalue weighted by atomic mass is 9.90. The molecule has 19 heavy (non-hydrogen) atoms. The van der Waals surface area contributed by atoms with E-state index in [1.807, 2.05) is 6.92 Å². The normalized spacial score (nSPS) is 23.1. The molecule has 1 saturated carbocycles. The van der Waals surface area contributed by atoms with Gasteiger partial charge in [0.2, 0.25) is 10.0 Å². The molecular formula is C13H20N2O3S. The molecule has 2 rings (SSSR count). The van der Waals surface area contributed by atoms with Crippen molar-refractivity contribution in [2.45, 2.75) is 43.7 Å². The van der Waals surface area contributed by atoms with Gasteiger partial charge in [0.1, 0.15) is 0 Å². The Morgan fingerprint density at radius 3 is 2.53 bits per heavy atom. The number of hydrogen-bond donors (Lipinski definition) is 2. The van der Waals surface area contributed by atoms with Gasteiger partial charge in [-0.15, -0.1) is 0 Å². The highest BCUT2D eigenvalue weighted by molar-refractivity contribution is 7.89. The molecule has 1 aliphatic carbocycles. The monoisotopic (exact) mass is 284 g/mol. The van der Waals surface area contributed by atoms with E-state index in [9.17, 15) is 8.42 Å². The second-order valence-electron chi connectivity index (χ2n) is 5.12. The van der Waals surface area contributed by atoms with Crippen molar-refractivity contribution in [1.82, 2.24) is 4.72 Å². The van der Waals surface area contributed by atoms with E-state index in [1.165, 1.54) is 0 Å². The van der Waals surface area contributed by atoms with Crippen LogP contribution in [0.5, 0.6) is 0 Å². The van der Waals surface area contributed by atoms with Crippen molar-refractivity contribution in [2.24, 2.45) is 0 Å². The van der Waals surface area contributed by atoms with Crippen LogP contribution in [-0.4, -0.2) is 27.7 Å². The maximum Gasteiger partial charge on any atom is 0.241 e. The van der Waals surface area contributed by atoms with Crippen LogP contribution in [0.1, 0.15) is 24.0 Å². The fraction of sp³-hybridized carbons (Fsp3) is 0.538. The number of ether oxygens (including phenoxy) is 1. The molecule has 0 atom stereocenters. The zero-order valence-corrected chi connectivity index (χ0v) is 12.3. The third kappa shape index (κ3) is 2.91. The summed E-state index contributed by atoms with van der Waals surface area (Å²) >= 11 is 0. The Balaban J connectivity index is 2.21. The summed E-state index contributed by atoms with van der Waals surface area (Å²) in [6, 6.07) is 3.38. The van der Waals surface area contributed by atoms with Gasteiger partial charge in [-0.1, -0.05) is 0 Å². The van der Waals surface area contributed by atoms with E-state index in [1.54, 1.807) is 26.2 Å². The van der Waals surface area contributed by atoms with Gasteiger partial charge >= 0.3 is 0 Å². The van der Waals surface area contributed by atoms with Gasteiger partial charge < -0.3 is 10.5 Å². The van der Waals surface area contributed by atoms with Crippen molar-refractivity contribution < 1.29 is 13.2 Å². The first-order valence-electron chi connectivity index (χ1n) is 6.25. The summed E-state index contributed by atoms with van der Waals surface area (Å²) in [5.74, 6) is 0. The fourth-order valence-electron chi connectivity index (χ4n) is 2.27. The van der Waals surface area contributed by atoms with Crippen LogP contribution >= 0.6 is 0 Å². The number of sulfonamides is 1. The summed E-state index contributed by atoms with van der Waals surface area (Å²) in [4.78, 5) is 0.269. The van der Waals surface area contributed by atoms with Gasteiger partial charge in [0.05, 0.1) is 11.0 Å². The summed E-state index contributed by atoms with van der Waals surface area (Å²) in [6.45, 7) is 3.56. The minimum atomic E-state index is -3.51. The van der Waals surface area contributed by atoms with Crippen molar-refractivity contribution in [2.75, 3.05) is 12.8 Å². The number of benzene rings is 1. The Morgan fingerprint density at radius 1 is 1.32 bits per heavy atom. The SMILES string of the molecule is COC1CC(NS(=O)(=O)c2cc(C)cc(N)c2C)C1. The van der Waals surface area contributed by atoms with Gasteiger partial charge in [-0.2, -0.15) is 0 Å². The Hall–Kier alpha value is -1.11. The molecule has 0 aromatic heterocycles. The molecule has 0 spiro atoms. The van der Waals surface area contributed by atoms with E-state index in [2.05, 4.69) is 4.72 Å². The van der Waals surface area contributed by atoms with Crippen LogP contribution in [0, 0.1) is 13.8 Å². The predicted molar refractivity (Wildman–Crippen MR) is 74.5 cm³/mol. The number of rotatable bonds is 4. The average molecular weight is 284 g/mol. The smallest absolute Gasteiger partial charge is 0.241 e. The van der Waals surface area contributed by atoms with Crippen molar-refractivity contribution >= 4 is 15.7 Å². The minimum Gasteiger partial charge on any atom is -0.398 e. The zero-order chi connectivity index (χ0) is 14.2. The van der Waals surface area contributed by atoms with Crippen LogP contribution in [0.15, 0.2) is 17.0 Å². The molecule has 0 saturated heterocycles. The molecule has 1 aromatic carbocycles. The van der Waals surface area contributed by atoms with Crippen LogP contribution in [0.4, 0.5) is 5.69 Å². The Bertz CT molecular complexity index is 578. The molecule has 5 nitrogen and oxygen atoms in total. The molecule has 6 heteroatoms. The summed E-state index contributed by atoms with van der Waals surface area (Å²) in [5.41, 5.74) is 7.77. The van der Waals surface area contributed by atoms with Crippen LogP contribution < -0.4 is 10.5 Å². The number of anilines is 1. The molecule has 1 aliphatic rings. The van der Waals surface area contributed by atoms with E-state index in [4.69, 9.17) is 10.5 Å². The van der Waals surface area contributed by atoms with Crippen LogP contribution in [0.2, 0.25) is 0 Å². The molecule has 0 bridgehead atoms. The lowest BCUT2D eigenvalue weighted by Gasteiger charge is -2.34. The summed E-state index contributed by atoms with van der Waals surface area (Å²) < 4.78 is 32.5. The standard InChI is InChI=1S/C13H20N2O3S/c1-8-4-12(14)9(2)13(5-8)19(16,17)15-10-6-11(7-10)18-3/h4-5,10-11,15H,6-7,14H2,1-3H3. The number of nitrogens with two attached hydrogens (primary N) is 1. The predicted octanol–water partition coefficient (Wildman–Crippen LogP) is 1.34. The molecule has 3 N–H and O–H groups in total. The second kappa shape index (κ2) is 5.11. The fourth-order valence-corrected chi connectivity index (χ4v) is 3.89. The molecule has 0 heterocycles. The van der Waals surface area contributed by atoms with E-state index in [-0.39, 0.29) is 17.0 Å². The molecule has 0 amide bonds. The molecule has 0 aliphatic heterocycles. The molecule has 1 aromatic rings. The molecule has 0 unspecified atom stereocenters. The highest BCUT2D eigenvalue weighted by Gasteiger charge is 2.33. The van der Waals surface area contributed by atoms with Crippen LogP contribution in [0.3, 0.4) is 0 Å². The second-order valence-corrected chi connectivity index (χ2v) is 6.81. The van der Waals surface area contributed by atoms with Crippen molar-refractivity contribution in [1.29, 1.82) is 0 Å². The van der Waals surface area contributed by atoms with E-state index >= 15 is 0 Å². The summed E-state index contributed by atoms with van der Waals surface area (Å²) in [5, 5.41) is 0. The number of nitrogen functional groups attached to an aromatic ring is 1. The average Bonchev–Trinajstić information content (AvgIpc) is 2.27. The highest BCUT2D eigenvalue weighted by atomic mass is 32.2. The first kappa shape index (κ1) is 14.3. The third-order valence-electron chi connectivity index (χ3n) is 3.58. The summed E-state index contributed by atoms with van der Waals surface area (Å²) in [7, 11) is -1.87. The van der Waals surface area contributed by atoms with Crippen molar-refractivity contribution in [3.8, 4) is 0 Å². The number of aryl methyl sites for hydroxylation is 1. The first-order valence-corrected chi connectivity index (χ1v) is 7.73. The highest BCUT2D eigenvalue weighted by Crippen LogP contribution is 2.27. The van der Waals surface area contributed by atoms with Gasteiger partial charge in [0, 0.05) is 18.8 Å². The molecule has 106 valence electrons. The summed E-state index contributed by atoms with van der Waals surface area (Å²) in [6.07, 6.45) is 1.60. The van der Waals surface area contributed by atoms with Gasteiger partial charge in [-0.25, -0.2) is 13.1 Å². The largest absolute Gasteiger partial charge is 0.398 e. The Morgan fingerprint density at radius 2 is 1.95 bits per heavy atom. The van der Waals surface area contributed by atoms with Gasteiger partial charge in [0.15, 0.2) is 0 Å². The van der Waals surface area contributed by atoms with Gasteiger partial charge in [-0.05, 0) is 49.9 Å². The number of hydrogen-bond acceptors (Lipinski definition) is 4. The topological polar surface area (TPSA) is 81.4 Å². The number of nitrogens with one attached hydrogen (secondary N) is 1. The lowest BCUT2D eigenvalue weighted by Crippen LogP contribution is -2.47. The van der Waals surface area contributed by atoms with Crippen molar-refractivity contribution in [3.63, 3.8) is 0 Å². The lowest BCUT2D eigenvalue weighted by molar-refractivity contribution is 0.0236. The third-order valence-corrected chi connectivity index (χ3v) is 5.23.